The molecule has 3 heterocycles. The second kappa shape index (κ2) is 3.27. The largest absolute Gasteiger partial charge is 0.300 e. The normalized spacial score (nSPS) is 46.3. The van der Waals surface area contributed by atoms with Gasteiger partial charge in [-0.15, -0.1) is 0 Å². The average Bonchev–Trinajstić information content (AvgIpc) is 2.69. The number of carbonyl (C=O) groups is 1. The van der Waals surface area contributed by atoms with E-state index in [4.69, 9.17) is 9.78 Å². The van der Waals surface area contributed by atoms with Gasteiger partial charge in [0.05, 0.1) is 6.10 Å². The Morgan fingerprint density at radius 2 is 2.33 bits per heavy atom. The lowest BCUT2D eigenvalue weighted by molar-refractivity contribution is -0.320. The fourth-order valence-electron chi connectivity index (χ4n) is 3.20. The van der Waals surface area contributed by atoms with Crippen molar-refractivity contribution < 1.29 is 14.6 Å². The summed E-state index contributed by atoms with van der Waals surface area (Å²) < 4.78 is 0. The van der Waals surface area contributed by atoms with Crippen LogP contribution < -0.4 is 0 Å². The van der Waals surface area contributed by atoms with Gasteiger partial charge in [0.1, 0.15) is 11.4 Å². The standard InChI is InChI=1S/C11H17NO3/c1-8-5-11(15-14-8)6-9-4-10(13)2-3-12(9)7-11/h8-9H,2-7H2,1H3/t8?,9-,11?/m1/s1. The maximum atomic E-state index is 11.4. The van der Waals surface area contributed by atoms with Crippen LogP contribution in [0, 0.1) is 0 Å². The first kappa shape index (κ1) is 9.75. The summed E-state index contributed by atoms with van der Waals surface area (Å²) in [7, 11) is 0. The van der Waals surface area contributed by atoms with Gasteiger partial charge in [-0.05, 0) is 13.3 Å². The van der Waals surface area contributed by atoms with E-state index in [-0.39, 0.29) is 11.7 Å². The van der Waals surface area contributed by atoms with Crippen LogP contribution in [0.15, 0.2) is 0 Å². The van der Waals surface area contributed by atoms with Crippen LogP contribution in [-0.4, -0.2) is 41.5 Å². The van der Waals surface area contributed by atoms with E-state index >= 15 is 0 Å². The third-order valence-corrected chi connectivity index (χ3v) is 3.81. The summed E-state index contributed by atoms with van der Waals surface area (Å²) in [6.07, 6.45) is 3.54. The van der Waals surface area contributed by atoms with Crippen molar-refractivity contribution in [3.8, 4) is 0 Å². The summed E-state index contributed by atoms with van der Waals surface area (Å²) in [6.45, 7) is 3.88. The van der Waals surface area contributed by atoms with Crippen LogP contribution in [0.5, 0.6) is 0 Å². The Kier molecular flexibility index (Phi) is 2.13. The number of ketones is 1. The molecule has 0 bridgehead atoms. The highest BCUT2D eigenvalue weighted by molar-refractivity contribution is 5.80. The summed E-state index contributed by atoms with van der Waals surface area (Å²) >= 11 is 0. The number of hydrogen-bond donors (Lipinski definition) is 0. The summed E-state index contributed by atoms with van der Waals surface area (Å²) in [5, 5.41) is 0. The van der Waals surface area contributed by atoms with E-state index in [2.05, 4.69) is 4.90 Å². The first-order valence-corrected chi connectivity index (χ1v) is 5.77. The van der Waals surface area contributed by atoms with E-state index in [1.54, 1.807) is 0 Å². The Balaban J connectivity index is 1.74. The molecule has 0 amide bonds. The Morgan fingerprint density at radius 3 is 3.07 bits per heavy atom. The number of fused-ring (bicyclic) bond motifs is 1. The molecule has 3 rings (SSSR count). The van der Waals surface area contributed by atoms with Gasteiger partial charge >= 0.3 is 0 Å². The van der Waals surface area contributed by atoms with Gasteiger partial charge in [0, 0.05) is 38.4 Å². The maximum Gasteiger partial charge on any atom is 0.135 e. The predicted molar refractivity (Wildman–Crippen MR) is 53.2 cm³/mol. The molecule has 3 saturated heterocycles. The smallest absolute Gasteiger partial charge is 0.135 e. The number of carbonyl (C=O) groups excluding carboxylic acids is 1. The van der Waals surface area contributed by atoms with Crippen LogP contribution in [0.25, 0.3) is 0 Å². The highest BCUT2D eigenvalue weighted by Crippen LogP contribution is 2.41. The fraction of sp³-hybridized carbons (Fsp3) is 0.909. The van der Waals surface area contributed by atoms with Crippen molar-refractivity contribution >= 4 is 5.78 Å². The molecule has 0 aromatic rings. The topological polar surface area (TPSA) is 38.8 Å². The van der Waals surface area contributed by atoms with Crippen LogP contribution in [0.2, 0.25) is 0 Å². The Morgan fingerprint density at radius 1 is 1.47 bits per heavy atom. The van der Waals surface area contributed by atoms with E-state index in [0.717, 1.165) is 25.9 Å². The highest BCUT2D eigenvalue weighted by Gasteiger charge is 2.51. The van der Waals surface area contributed by atoms with E-state index in [0.29, 0.717) is 24.7 Å². The molecule has 15 heavy (non-hydrogen) atoms. The number of rotatable bonds is 0. The van der Waals surface area contributed by atoms with E-state index < -0.39 is 0 Å². The van der Waals surface area contributed by atoms with Crippen molar-refractivity contribution in [3.63, 3.8) is 0 Å². The van der Waals surface area contributed by atoms with Crippen LogP contribution in [0.4, 0.5) is 0 Å². The molecule has 0 N–H and O–H groups in total. The zero-order valence-electron chi connectivity index (χ0n) is 9.07. The van der Waals surface area contributed by atoms with Gasteiger partial charge in [-0.2, -0.15) is 0 Å². The lowest BCUT2D eigenvalue weighted by Crippen LogP contribution is -2.39. The minimum absolute atomic E-state index is 0.116. The molecule has 0 saturated carbocycles. The second-order valence-electron chi connectivity index (χ2n) is 5.20. The van der Waals surface area contributed by atoms with Crippen molar-refractivity contribution in [2.24, 2.45) is 0 Å². The average molecular weight is 211 g/mol. The van der Waals surface area contributed by atoms with Gasteiger partial charge in [-0.1, -0.05) is 0 Å². The molecule has 84 valence electrons. The van der Waals surface area contributed by atoms with Gasteiger partial charge in [-0.25, -0.2) is 9.78 Å². The quantitative estimate of drug-likeness (QED) is 0.558. The second-order valence-corrected chi connectivity index (χ2v) is 5.20. The molecular weight excluding hydrogens is 194 g/mol. The SMILES string of the molecule is CC1CC2(C[C@H]3CC(=O)CCN3C2)OO1. The van der Waals surface area contributed by atoms with E-state index in [1.165, 1.54) is 0 Å². The molecule has 3 fully saturated rings. The summed E-state index contributed by atoms with van der Waals surface area (Å²) in [5.74, 6) is 0.403. The number of hydrogen-bond acceptors (Lipinski definition) is 4. The molecule has 0 aromatic carbocycles. The first-order valence-electron chi connectivity index (χ1n) is 5.77. The lowest BCUT2D eigenvalue weighted by atomic mass is 9.92. The molecule has 0 aliphatic carbocycles. The van der Waals surface area contributed by atoms with Crippen LogP contribution in [-0.2, 0) is 14.6 Å². The van der Waals surface area contributed by atoms with Crippen LogP contribution >= 0.6 is 0 Å². The van der Waals surface area contributed by atoms with E-state index in [9.17, 15) is 4.79 Å². The first-order chi connectivity index (χ1) is 7.17. The minimum Gasteiger partial charge on any atom is -0.300 e. The fourth-order valence-corrected chi connectivity index (χ4v) is 3.20. The zero-order chi connectivity index (χ0) is 10.5. The monoisotopic (exact) mass is 211 g/mol. The van der Waals surface area contributed by atoms with Gasteiger partial charge < -0.3 is 0 Å². The predicted octanol–water partition coefficient (Wildman–Crippen LogP) is 0.903. The third kappa shape index (κ3) is 1.61. The molecule has 2 unspecified atom stereocenters. The van der Waals surface area contributed by atoms with Crippen molar-refractivity contribution in [1.82, 2.24) is 4.90 Å². The van der Waals surface area contributed by atoms with E-state index in [1.807, 2.05) is 6.92 Å². The van der Waals surface area contributed by atoms with Crippen LogP contribution in [0.1, 0.15) is 32.6 Å². The Hall–Kier alpha value is -0.450. The molecule has 0 aromatic heterocycles. The van der Waals surface area contributed by atoms with Crippen LogP contribution in [0.3, 0.4) is 0 Å². The summed E-state index contributed by atoms with van der Waals surface area (Å²) in [5.41, 5.74) is -0.116. The number of nitrogens with zero attached hydrogens (tertiary/aromatic N) is 1. The zero-order valence-corrected chi connectivity index (χ0v) is 9.07. The summed E-state index contributed by atoms with van der Waals surface area (Å²) in [6, 6.07) is 0.403. The third-order valence-electron chi connectivity index (χ3n) is 3.81. The summed E-state index contributed by atoms with van der Waals surface area (Å²) in [4.78, 5) is 24.5. The maximum absolute atomic E-state index is 11.4. The highest BCUT2D eigenvalue weighted by atomic mass is 17.2. The van der Waals surface area contributed by atoms with Gasteiger partial charge in [-0.3, -0.25) is 9.69 Å². The number of Topliss-reactive ketones (excluding diaryl/α,β-unsaturated/α-hetero) is 1. The van der Waals surface area contributed by atoms with Gasteiger partial charge in [0.25, 0.3) is 0 Å². The van der Waals surface area contributed by atoms with Crippen molar-refractivity contribution in [3.05, 3.63) is 0 Å². The Labute approximate surface area is 89.4 Å². The van der Waals surface area contributed by atoms with Crippen molar-refractivity contribution in [2.75, 3.05) is 13.1 Å². The molecule has 3 aliphatic heterocycles. The molecule has 3 atom stereocenters. The lowest BCUT2D eigenvalue weighted by Gasteiger charge is -2.27. The molecule has 0 radical (unpaired) electrons. The molecule has 3 aliphatic rings. The Bertz CT molecular complexity index is 294. The molecule has 4 nitrogen and oxygen atoms in total. The van der Waals surface area contributed by atoms with Crippen molar-refractivity contribution in [1.29, 1.82) is 0 Å². The van der Waals surface area contributed by atoms with Gasteiger partial charge in [0.2, 0.25) is 0 Å². The van der Waals surface area contributed by atoms with Crippen molar-refractivity contribution in [2.45, 2.75) is 50.4 Å². The molecule has 1 spiro atoms. The van der Waals surface area contributed by atoms with Gasteiger partial charge in [0.15, 0.2) is 0 Å². The molecular formula is C11H17NO3. The minimum atomic E-state index is -0.116. The molecule has 4 heteroatoms. The number of piperidine rings is 1.